The van der Waals surface area contributed by atoms with Crippen LogP contribution in [0.25, 0.3) is 0 Å². The monoisotopic (exact) mass is 254 g/mol. The topological polar surface area (TPSA) is 20.2 Å². The van der Waals surface area contributed by atoms with Crippen LogP contribution in [-0.4, -0.2) is 5.11 Å². The average Bonchev–Trinajstić information content (AvgIpc) is 2.47. The van der Waals surface area contributed by atoms with Crippen molar-refractivity contribution in [2.45, 2.75) is 39.0 Å². The second-order valence-corrected chi connectivity index (χ2v) is 5.26. The smallest absolute Gasteiger partial charge is 0.119 e. The van der Waals surface area contributed by atoms with Gasteiger partial charge >= 0.3 is 0 Å². The Morgan fingerprint density at radius 1 is 0.947 bits per heavy atom. The summed E-state index contributed by atoms with van der Waals surface area (Å²) in [5.74, 6) is 1.14. The van der Waals surface area contributed by atoms with Gasteiger partial charge in [-0.25, -0.2) is 0 Å². The summed E-state index contributed by atoms with van der Waals surface area (Å²) in [5.41, 5.74) is 3.56. The normalized spacial score (nSPS) is 14.1. The molecular formula is C18H22O. The van der Waals surface area contributed by atoms with Crippen LogP contribution in [-0.2, 0) is 0 Å². The van der Waals surface area contributed by atoms with Crippen LogP contribution in [0.3, 0.4) is 0 Å². The third-order valence-corrected chi connectivity index (χ3v) is 4.00. The summed E-state index contributed by atoms with van der Waals surface area (Å²) < 4.78 is 0. The molecule has 0 amide bonds. The third kappa shape index (κ3) is 2.98. The molecule has 2 atom stereocenters. The van der Waals surface area contributed by atoms with Crippen LogP contribution in [0.1, 0.15) is 55.7 Å². The molecule has 0 aliphatic rings. The molecule has 1 heteroatoms. The van der Waals surface area contributed by atoms with Crippen molar-refractivity contribution in [2.75, 3.05) is 0 Å². The van der Waals surface area contributed by atoms with Gasteiger partial charge < -0.3 is 5.11 Å². The molecule has 2 aromatic rings. The van der Waals surface area contributed by atoms with Crippen molar-refractivity contribution in [1.29, 1.82) is 0 Å². The van der Waals surface area contributed by atoms with Gasteiger partial charge in [-0.15, -0.1) is 0 Å². The predicted octanol–water partition coefficient (Wildman–Crippen LogP) is 5.06. The molecule has 100 valence electrons. The average molecular weight is 254 g/mol. The molecule has 0 radical (unpaired) electrons. The van der Waals surface area contributed by atoms with Crippen molar-refractivity contribution in [2.24, 2.45) is 0 Å². The molecule has 19 heavy (non-hydrogen) atoms. The van der Waals surface area contributed by atoms with E-state index in [1.165, 1.54) is 11.1 Å². The highest BCUT2D eigenvalue weighted by Crippen LogP contribution is 2.33. The van der Waals surface area contributed by atoms with Gasteiger partial charge in [0.25, 0.3) is 0 Å². The Morgan fingerprint density at radius 3 is 2.26 bits per heavy atom. The molecular weight excluding hydrogens is 232 g/mol. The molecule has 0 bridgehead atoms. The SMILES string of the molecule is CC[C@H](C)c1ccc(O)c([C@H](C)c2ccccc2)c1. The van der Waals surface area contributed by atoms with Gasteiger partial charge in [-0.3, -0.25) is 0 Å². The molecule has 0 aliphatic carbocycles. The summed E-state index contributed by atoms with van der Waals surface area (Å²) >= 11 is 0. The van der Waals surface area contributed by atoms with Crippen molar-refractivity contribution in [3.63, 3.8) is 0 Å². The number of phenols is 1. The minimum Gasteiger partial charge on any atom is -0.508 e. The fourth-order valence-corrected chi connectivity index (χ4v) is 2.38. The lowest BCUT2D eigenvalue weighted by Gasteiger charge is -2.17. The fraction of sp³-hybridized carbons (Fsp3) is 0.333. The maximum Gasteiger partial charge on any atom is 0.119 e. The molecule has 0 spiro atoms. The summed E-state index contributed by atoms with van der Waals surface area (Å²) in [7, 11) is 0. The molecule has 1 N–H and O–H groups in total. The number of hydrogen-bond donors (Lipinski definition) is 1. The molecule has 0 unspecified atom stereocenters. The first-order valence-corrected chi connectivity index (χ1v) is 7.01. The van der Waals surface area contributed by atoms with Crippen LogP contribution in [0, 0.1) is 0 Å². The van der Waals surface area contributed by atoms with E-state index in [4.69, 9.17) is 0 Å². The van der Waals surface area contributed by atoms with Gasteiger partial charge in [-0.2, -0.15) is 0 Å². The molecule has 0 heterocycles. The van der Waals surface area contributed by atoms with E-state index in [1.807, 2.05) is 30.3 Å². The lowest BCUT2D eigenvalue weighted by atomic mass is 9.88. The summed E-state index contributed by atoms with van der Waals surface area (Å²) in [4.78, 5) is 0. The van der Waals surface area contributed by atoms with Crippen LogP contribution in [0.2, 0.25) is 0 Å². The van der Waals surface area contributed by atoms with Gasteiger partial charge in [0, 0.05) is 11.5 Å². The van der Waals surface area contributed by atoms with Gasteiger partial charge in [0.15, 0.2) is 0 Å². The highest BCUT2D eigenvalue weighted by Gasteiger charge is 2.14. The molecule has 0 fully saturated rings. The zero-order chi connectivity index (χ0) is 13.8. The number of phenolic OH excluding ortho intramolecular Hbond substituents is 1. The third-order valence-electron chi connectivity index (χ3n) is 4.00. The van der Waals surface area contributed by atoms with Gasteiger partial charge in [0.1, 0.15) is 5.75 Å². The fourth-order valence-electron chi connectivity index (χ4n) is 2.38. The Bertz CT molecular complexity index is 531. The minimum atomic E-state index is 0.213. The molecule has 0 saturated carbocycles. The Hall–Kier alpha value is -1.76. The summed E-state index contributed by atoms with van der Waals surface area (Å²) in [6.07, 6.45) is 1.12. The van der Waals surface area contributed by atoms with Gasteiger partial charge in [-0.1, -0.05) is 63.2 Å². The first-order valence-electron chi connectivity index (χ1n) is 7.01. The number of rotatable bonds is 4. The van der Waals surface area contributed by atoms with E-state index in [0.29, 0.717) is 11.7 Å². The summed E-state index contributed by atoms with van der Waals surface area (Å²) in [5, 5.41) is 10.1. The quantitative estimate of drug-likeness (QED) is 0.808. The number of hydrogen-bond acceptors (Lipinski definition) is 1. The summed E-state index contributed by atoms with van der Waals surface area (Å²) in [6.45, 7) is 6.56. The van der Waals surface area contributed by atoms with E-state index >= 15 is 0 Å². The van der Waals surface area contributed by atoms with Gasteiger partial charge in [0.05, 0.1) is 0 Å². The maximum absolute atomic E-state index is 10.1. The van der Waals surface area contributed by atoms with Crippen molar-refractivity contribution >= 4 is 0 Å². The first kappa shape index (κ1) is 13.7. The maximum atomic E-state index is 10.1. The van der Waals surface area contributed by atoms with E-state index < -0.39 is 0 Å². The Labute approximate surface area is 115 Å². The zero-order valence-corrected chi connectivity index (χ0v) is 11.9. The zero-order valence-electron chi connectivity index (χ0n) is 11.9. The molecule has 0 aromatic heterocycles. The lowest BCUT2D eigenvalue weighted by molar-refractivity contribution is 0.465. The first-order chi connectivity index (χ1) is 9.13. The number of aromatic hydroxyl groups is 1. The molecule has 2 rings (SSSR count). The molecule has 0 aliphatic heterocycles. The summed E-state index contributed by atoms with van der Waals surface area (Å²) in [6, 6.07) is 16.3. The van der Waals surface area contributed by atoms with Crippen molar-refractivity contribution in [3.8, 4) is 5.75 Å². The van der Waals surface area contributed by atoms with E-state index in [2.05, 4.69) is 39.0 Å². The highest BCUT2D eigenvalue weighted by molar-refractivity contribution is 5.43. The Morgan fingerprint density at radius 2 is 1.63 bits per heavy atom. The van der Waals surface area contributed by atoms with Crippen molar-refractivity contribution < 1.29 is 5.11 Å². The van der Waals surface area contributed by atoms with Gasteiger partial charge in [0.2, 0.25) is 0 Å². The largest absolute Gasteiger partial charge is 0.508 e. The second-order valence-electron chi connectivity index (χ2n) is 5.26. The van der Waals surface area contributed by atoms with E-state index in [0.717, 1.165) is 12.0 Å². The molecule has 0 saturated heterocycles. The number of benzene rings is 2. The predicted molar refractivity (Wildman–Crippen MR) is 80.8 cm³/mol. The van der Waals surface area contributed by atoms with Crippen LogP contribution in [0.4, 0.5) is 0 Å². The van der Waals surface area contributed by atoms with Crippen LogP contribution in [0.15, 0.2) is 48.5 Å². The molecule has 1 nitrogen and oxygen atoms in total. The standard InChI is InChI=1S/C18H22O/c1-4-13(2)16-10-11-18(19)17(12-16)14(3)15-8-6-5-7-9-15/h5-14,19H,4H2,1-3H3/t13-,14+/m0/s1. The highest BCUT2D eigenvalue weighted by atomic mass is 16.3. The van der Waals surface area contributed by atoms with Gasteiger partial charge in [-0.05, 0) is 29.5 Å². The van der Waals surface area contributed by atoms with E-state index in [1.54, 1.807) is 0 Å². The Kier molecular flexibility index (Phi) is 4.26. The minimum absolute atomic E-state index is 0.213. The van der Waals surface area contributed by atoms with Crippen molar-refractivity contribution in [3.05, 3.63) is 65.2 Å². The van der Waals surface area contributed by atoms with Crippen LogP contribution in [0.5, 0.6) is 5.75 Å². The van der Waals surface area contributed by atoms with Crippen molar-refractivity contribution in [1.82, 2.24) is 0 Å². The molecule has 2 aromatic carbocycles. The van der Waals surface area contributed by atoms with Crippen LogP contribution < -0.4 is 0 Å². The second kappa shape index (κ2) is 5.92. The van der Waals surface area contributed by atoms with E-state index in [-0.39, 0.29) is 5.92 Å². The van der Waals surface area contributed by atoms with E-state index in [9.17, 15) is 5.11 Å². The lowest BCUT2D eigenvalue weighted by Crippen LogP contribution is -1.99. The Balaban J connectivity index is 2.38. The van der Waals surface area contributed by atoms with Crippen LogP contribution >= 0.6 is 0 Å².